The maximum atomic E-state index is 13.4. The number of piperazine rings is 1. The Labute approximate surface area is 194 Å². The van der Waals surface area contributed by atoms with Gasteiger partial charge in [-0.05, 0) is 50.3 Å². The van der Waals surface area contributed by atoms with Crippen LogP contribution in [0.3, 0.4) is 0 Å². The van der Waals surface area contributed by atoms with E-state index in [-0.39, 0.29) is 42.4 Å². The molecule has 4 amide bonds. The lowest BCUT2D eigenvalue weighted by molar-refractivity contribution is -0.135. The van der Waals surface area contributed by atoms with Gasteiger partial charge in [-0.2, -0.15) is 0 Å². The normalized spacial score (nSPS) is 26.1. The third-order valence-corrected chi connectivity index (χ3v) is 7.46. The van der Waals surface area contributed by atoms with E-state index < -0.39 is 6.04 Å². The van der Waals surface area contributed by atoms with Crippen LogP contribution >= 0.6 is 11.6 Å². The van der Waals surface area contributed by atoms with Gasteiger partial charge in [0.15, 0.2) is 0 Å². The Morgan fingerprint density at radius 3 is 2.56 bits per heavy atom. The van der Waals surface area contributed by atoms with Crippen LogP contribution in [-0.4, -0.2) is 46.9 Å². The van der Waals surface area contributed by atoms with E-state index in [4.69, 9.17) is 11.6 Å². The third-order valence-electron chi connectivity index (χ3n) is 7.05. The maximum absolute atomic E-state index is 13.4. The van der Waals surface area contributed by atoms with Crippen molar-refractivity contribution >= 4 is 35.1 Å². The average Bonchev–Trinajstić information content (AvgIpc) is 2.77. The first-order valence-electron chi connectivity index (χ1n) is 11.9. The summed E-state index contributed by atoms with van der Waals surface area (Å²) in [5.41, 5.74) is 1.50. The number of amides is 4. The van der Waals surface area contributed by atoms with Crippen molar-refractivity contribution in [2.75, 3.05) is 5.32 Å². The van der Waals surface area contributed by atoms with Crippen LogP contribution in [0, 0.1) is 6.92 Å². The monoisotopic (exact) mass is 460 g/mol. The van der Waals surface area contributed by atoms with Crippen molar-refractivity contribution in [3.8, 4) is 0 Å². The van der Waals surface area contributed by atoms with Crippen LogP contribution in [-0.2, 0) is 9.59 Å². The summed E-state index contributed by atoms with van der Waals surface area (Å²) in [5.74, 6) is -0.557. The average molecular weight is 461 g/mol. The fourth-order valence-electron chi connectivity index (χ4n) is 5.29. The summed E-state index contributed by atoms with van der Waals surface area (Å²) in [5, 5.41) is 9.64. The molecular formula is C24H33ClN4O3. The Morgan fingerprint density at radius 2 is 1.81 bits per heavy atom. The molecule has 1 aromatic carbocycles. The molecule has 1 aromatic rings. The second kappa shape index (κ2) is 10.1. The van der Waals surface area contributed by atoms with Crippen molar-refractivity contribution in [2.24, 2.45) is 0 Å². The van der Waals surface area contributed by atoms with Crippen LogP contribution in [0.25, 0.3) is 0 Å². The van der Waals surface area contributed by atoms with Crippen LogP contribution in [0.2, 0.25) is 5.02 Å². The zero-order valence-corrected chi connectivity index (χ0v) is 19.4. The highest BCUT2D eigenvalue weighted by Crippen LogP contribution is 2.30. The topological polar surface area (TPSA) is 90.5 Å². The van der Waals surface area contributed by atoms with Crippen LogP contribution in [0.4, 0.5) is 10.5 Å². The summed E-state index contributed by atoms with van der Waals surface area (Å²) in [7, 11) is 0. The van der Waals surface area contributed by atoms with Crippen LogP contribution in [0.1, 0.15) is 69.8 Å². The second-order valence-electron chi connectivity index (χ2n) is 9.39. The molecule has 4 rings (SSSR count). The molecule has 0 radical (unpaired) electrons. The minimum Gasteiger partial charge on any atom is -0.349 e. The van der Waals surface area contributed by atoms with Gasteiger partial charge in [-0.3, -0.25) is 9.59 Å². The molecule has 7 nitrogen and oxygen atoms in total. The number of fused-ring (bicyclic) bond motifs is 1. The second-order valence-corrected chi connectivity index (χ2v) is 9.80. The van der Waals surface area contributed by atoms with Gasteiger partial charge >= 0.3 is 6.03 Å². The van der Waals surface area contributed by atoms with Crippen molar-refractivity contribution in [3.05, 3.63) is 28.8 Å². The molecular weight excluding hydrogens is 428 g/mol. The molecule has 3 aliphatic rings. The van der Waals surface area contributed by atoms with E-state index in [0.717, 1.165) is 56.9 Å². The quantitative estimate of drug-likeness (QED) is 0.630. The predicted molar refractivity (Wildman–Crippen MR) is 125 cm³/mol. The number of carbonyl (C=O) groups excluding carboxylic acids is 3. The number of aryl methyl sites for hydroxylation is 1. The first kappa shape index (κ1) is 22.9. The number of benzene rings is 1. The van der Waals surface area contributed by atoms with E-state index >= 15 is 0 Å². The van der Waals surface area contributed by atoms with Crippen molar-refractivity contribution in [2.45, 2.75) is 95.3 Å². The fourth-order valence-corrected chi connectivity index (χ4v) is 5.47. The number of halogens is 1. The molecule has 174 valence electrons. The molecule has 32 heavy (non-hydrogen) atoms. The minimum absolute atomic E-state index is 0.0384. The molecule has 1 saturated heterocycles. The Kier molecular flexibility index (Phi) is 7.23. The van der Waals surface area contributed by atoms with E-state index in [1.54, 1.807) is 17.0 Å². The van der Waals surface area contributed by atoms with Crippen LogP contribution in [0.5, 0.6) is 0 Å². The molecule has 8 heteroatoms. The number of urea groups is 1. The standard InChI is InChI=1S/C24H33ClN4O3/c1-15-11-12-17(13-18(15)25)26-22(30)14-21-23(31)28-19-9-5-6-10-20(19)29(21)24(32)27-16-7-3-2-4-8-16/h11-13,16,19-21H,2-10,14H2,1H3,(H,26,30)(H,27,32)(H,28,31)/t19-,20+,21+/m0/s1. The summed E-state index contributed by atoms with van der Waals surface area (Å²) < 4.78 is 0. The fraction of sp³-hybridized carbons (Fsp3) is 0.625. The van der Waals surface area contributed by atoms with Crippen LogP contribution < -0.4 is 16.0 Å². The van der Waals surface area contributed by atoms with Gasteiger partial charge in [-0.1, -0.05) is 49.8 Å². The van der Waals surface area contributed by atoms with Gasteiger partial charge in [0.1, 0.15) is 6.04 Å². The Hall–Kier alpha value is -2.28. The minimum atomic E-state index is -0.820. The van der Waals surface area contributed by atoms with Gasteiger partial charge < -0.3 is 20.9 Å². The molecule has 3 atom stereocenters. The zero-order chi connectivity index (χ0) is 22.7. The molecule has 2 saturated carbocycles. The molecule has 0 bridgehead atoms. The number of nitrogens with zero attached hydrogens (tertiary/aromatic N) is 1. The largest absolute Gasteiger partial charge is 0.349 e. The summed E-state index contributed by atoms with van der Waals surface area (Å²) in [6.07, 6.45) is 9.06. The lowest BCUT2D eigenvalue weighted by Crippen LogP contribution is -2.69. The van der Waals surface area contributed by atoms with Crippen molar-refractivity contribution < 1.29 is 14.4 Å². The number of anilines is 1. The first-order valence-corrected chi connectivity index (χ1v) is 12.3. The van der Waals surface area contributed by atoms with E-state index in [0.29, 0.717) is 10.7 Å². The SMILES string of the molecule is Cc1ccc(NC(=O)C[C@@H]2C(=O)N[C@H]3CCCC[C@H]3N2C(=O)NC2CCCCC2)cc1Cl. The van der Waals surface area contributed by atoms with Gasteiger partial charge in [-0.25, -0.2) is 4.79 Å². The molecule has 0 spiro atoms. The number of hydrogen-bond donors (Lipinski definition) is 3. The Balaban J connectivity index is 1.50. The number of carbonyl (C=O) groups is 3. The molecule has 3 fully saturated rings. The number of rotatable bonds is 4. The molecule has 2 aliphatic carbocycles. The van der Waals surface area contributed by atoms with Gasteiger partial charge in [0, 0.05) is 22.8 Å². The highest BCUT2D eigenvalue weighted by Gasteiger charge is 2.46. The number of hydrogen-bond acceptors (Lipinski definition) is 3. The van der Waals surface area contributed by atoms with Crippen molar-refractivity contribution in [3.63, 3.8) is 0 Å². The molecule has 1 heterocycles. The van der Waals surface area contributed by atoms with Gasteiger partial charge in [0.05, 0.1) is 12.5 Å². The molecule has 0 aromatic heterocycles. The number of nitrogens with one attached hydrogen (secondary N) is 3. The summed E-state index contributed by atoms with van der Waals surface area (Å²) in [6, 6.07) is 4.32. The van der Waals surface area contributed by atoms with Crippen LogP contribution in [0.15, 0.2) is 18.2 Å². The zero-order valence-electron chi connectivity index (χ0n) is 18.7. The van der Waals surface area contributed by atoms with Crippen molar-refractivity contribution in [1.82, 2.24) is 15.5 Å². The molecule has 1 aliphatic heterocycles. The van der Waals surface area contributed by atoms with Gasteiger partial charge in [0.2, 0.25) is 11.8 Å². The van der Waals surface area contributed by atoms with E-state index in [9.17, 15) is 14.4 Å². The summed E-state index contributed by atoms with van der Waals surface area (Å²) in [4.78, 5) is 40.9. The third kappa shape index (κ3) is 5.20. The highest BCUT2D eigenvalue weighted by molar-refractivity contribution is 6.31. The Bertz CT molecular complexity index is 871. The predicted octanol–water partition coefficient (Wildman–Crippen LogP) is 4.13. The highest BCUT2D eigenvalue weighted by atomic mass is 35.5. The van der Waals surface area contributed by atoms with E-state index in [1.165, 1.54) is 6.42 Å². The van der Waals surface area contributed by atoms with E-state index in [1.807, 2.05) is 13.0 Å². The molecule has 0 unspecified atom stereocenters. The Morgan fingerprint density at radius 1 is 1.09 bits per heavy atom. The lowest BCUT2D eigenvalue weighted by atomic mass is 9.85. The van der Waals surface area contributed by atoms with E-state index in [2.05, 4.69) is 16.0 Å². The van der Waals surface area contributed by atoms with Crippen molar-refractivity contribution in [1.29, 1.82) is 0 Å². The van der Waals surface area contributed by atoms with Gasteiger partial charge in [0.25, 0.3) is 0 Å². The smallest absolute Gasteiger partial charge is 0.318 e. The molecule has 3 N–H and O–H groups in total. The lowest BCUT2D eigenvalue weighted by Gasteiger charge is -2.48. The maximum Gasteiger partial charge on any atom is 0.318 e. The first-order chi connectivity index (χ1) is 15.4. The van der Waals surface area contributed by atoms with Gasteiger partial charge in [-0.15, -0.1) is 0 Å². The summed E-state index contributed by atoms with van der Waals surface area (Å²) in [6.45, 7) is 1.89. The summed E-state index contributed by atoms with van der Waals surface area (Å²) >= 11 is 6.17.